The lowest BCUT2D eigenvalue weighted by molar-refractivity contribution is -0.281. The highest BCUT2D eigenvalue weighted by atomic mass is 16.7. The molecule has 0 aliphatic carbocycles. The molecule has 2 heteroatoms. The van der Waals surface area contributed by atoms with Crippen molar-refractivity contribution < 1.29 is 9.47 Å². The minimum Gasteiger partial charge on any atom is -0.349 e. The summed E-state index contributed by atoms with van der Waals surface area (Å²) in [6.07, 6.45) is 19.3. The Balaban J connectivity index is 5.33. The van der Waals surface area contributed by atoms with E-state index in [0.717, 1.165) is 51.7 Å². The number of allylic oxidation sites excluding steroid dienone is 1. The van der Waals surface area contributed by atoms with Crippen LogP contribution in [0.3, 0.4) is 0 Å². The van der Waals surface area contributed by atoms with E-state index in [1.54, 1.807) is 0 Å². The molecular formula is C24H48O2. The Kier molecular flexibility index (Phi) is 15.5. The van der Waals surface area contributed by atoms with Crippen molar-refractivity contribution in [3.8, 4) is 0 Å². The van der Waals surface area contributed by atoms with Gasteiger partial charge in [-0.15, -0.1) is 0 Å². The maximum absolute atomic E-state index is 6.42. The molecule has 0 heterocycles. The van der Waals surface area contributed by atoms with Crippen LogP contribution in [0.2, 0.25) is 0 Å². The molecule has 0 saturated carbocycles. The smallest absolute Gasteiger partial charge is 0.174 e. The molecule has 2 nitrogen and oxygen atoms in total. The second-order valence-electron chi connectivity index (χ2n) is 7.88. The van der Waals surface area contributed by atoms with Gasteiger partial charge in [-0.1, -0.05) is 91.7 Å². The monoisotopic (exact) mass is 368 g/mol. The van der Waals surface area contributed by atoms with Gasteiger partial charge in [-0.2, -0.15) is 0 Å². The lowest BCUT2D eigenvalue weighted by Gasteiger charge is -2.47. The van der Waals surface area contributed by atoms with Crippen LogP contribution in [0.5, 0.6) is 0 Å². The molecule has 0 radical (unpaired) electrons. The summed E-state index contributed by atoms with van der Waals surface area (Å²) in [6.45, 7) is 14.9. The predicted molar refractivity (Wildman–Crippen MR) is 116 cm³/mol. The largest absolute Gasteiger partial charge is 0.349 e. The Morgan fingerprint density at radius 2 is 1.23 bits per heavy atom. The fourth-order valence-corrected chi connectivity index (χ4v) is 3.83. The van der Waals surface area contributed by atoms with E-state index in [1.165, 1.54) is 38.5 Å². The van der Waals surface area contributed by atoms with E-state index in [1.807, 2.05) is 0 Å². The number of hydrogen-bond acceptors (Lipinski definition) is 2. The zero-order chi connectivity index (χ0) is 19.7. The van der Waals surface area contributed by atoms with Crippen LogP contribution in [0.4, 0.5) is 0 Å². The van der Waals surface area contributed by atoms with Crippen LogP contribution < -0.4 is 0 Å². The first-order valence-electron chi connectivity index (χ1n) is 11.5. The van der Waals surface area contributed by atoms with Crippen LogP contribution in [0, 0.1) is 5.41 Å². The molecule has 0 N–H and O–H groups in total. The number of ether oxygens (including phenoxy) is 2. The molecule has 0 aromatic carbocycles. The maximum atomic E-state index is 6.42. The third-order valence-electron chi connectivity index (χ3n) is 5.41. The van der Waals surface area contributed by atoms with Crippen molar-refractivity contribution in [3.63, 3.8) is 0 Å². The predicted octanol–water partition coefficient (Wildman–Crippen LogP) is 8.06. The van der Waals surface area contributed by atoms with E-state index in [2.05, 4.69) is 53.7 Å². The van der Waals surface area contributed by atoms with Crippen molar-refractivity contribution in [1.82, 2.24) is 0 Å². The highest BCUT2D eigenvalue weighted by Crippen LogP contribution is 2.46. The van der Waals surface area contributed by atoms with E-state index in [0.29, 0.717) is 0 Å². The Morgan fingerprint density at radius 3 is 1.73 bits per heavy atom. The van der Waals surface area contributed by atoms with Gasteiger partial charge >= 0.3 is 0 Å². The van der Waals surface area contributed by atoms with Gasteiger partial charge in [0.15, 0.2) is 5.79 Å². The van der Waals surface area contributed by atoms with Gasteiger partial charge in [-0.25, -0.2) is 0 Å². The zero-order valence-electron chi connectivity index (χ0n) is 18.9. The molecule has 0 bridgehead atoms. The topological polar surface area (TPSA) is 18.5 Å². The molecule has 0 aromatic heterocycles. The molecule has 0 aliphatic heterocycles. The van der Waals surface area contributed by atoms with Gasteiger partial charge in [0.2, 0.25) is 0 Å². The highest BCUT2D eigenvalue weighted by molar-refractivity contribution is 5.07. The van der Waals surface area contributed by atoms with Crippen molar-refractivity contribution in [1.29, 1.82) is 0 Å². The van der Waals surface area contributed by atoms with Gasteiger partial charge in [-0.3, -0.25) is 0 Å². The molecular weight excluding hydrogens is 320 g/mol. The Morgan fingerprint density at radius 1 is 0.654 bits per heavy atom. The summed E-state index contributed by atoms with van der Waals surface area (Å²) < 4.78 is 12.8. The Hall–Kier alpha value is -0.340. The summed E-state index contributed by atoms with van der Waals surface area (Å²) >= 11 is 0. The molecule has 0 fully saturated rings. The Bertz CT molecular complexity index is 329. The van der Waals surface area contributed by atoms with Gasteiger partial charge in [0.05, 0.1) is 0 Å². The minimum atomic E-state index is -0.524. The van der Waals surface area contributed by atoms with Crippen molar-refractivity contribution in [2.45, 2.75) is 124 Å². The standard InChI is InChI=1S/C24H48O2/c1-7-12-14-15-16-17-20-24(18-9-3,19-13-8-2)23(6,25-21-10-4)26-22-11-5/h13,19H,7-12,14-18,20-22H2,1-6H3. The molecule has 0 aromatic rings. The fraction of sp³-hybridized carbons (Fsp3) is 0.917. The lowest BCUT2D eigenvalue weighted by atomic mass is 9.71. The second-order valence-corrected chi connectivity index (χ2v) is 7.88. The van der Waals surface area contributed by atoms with Crippen molar-refractivity contribution in [2.24, 2.45) is 5.41 Å². The molecule has 0 amide bonds. The van der Waals surface area contributed by atoms with Crippen molar-refractivity contribution >= 4 is 0 Å². The van der Waals surface area contributed by atoms with Crippen LogP contribution >= 0.6 is 0 Å². The van der Waals surface area contributed by atoms with Crippen molar-refractivity contribution in [3.05, 3.63) is 12.2 Å². The molecule has 1 unspecified atom stereocenters. The molecule has 156 valence electrons. The molecule has 0 aliphatic rings. The van der Waals surface area contributed by atoms with Crippen LogP contribution in [-0.4, -0.2) is 19.0 Å². The molecule has 1 atom stereocenters. The van der Waals surface area contributed by atoms with E-state index in [4.69, 9.17) is 9.47 Å². The number of rotatable bonds is 18. The number of unbranched alkanes of at least 4 members (excludes halogenated alkanes) is 5. The van der Waals surface area contributed by atoms with Crippen LogP contribution in [0.15, 0.2) is 12.2 Å². The zero-order valence-corrected chi connectivity index (χ0v) is 18.9. The summed E-state index contributed by atoms with van der Waals surface area (Å²) in [5.74, 6) is -0.524. The summed E-state index contributed by atoms with van der Waals surface area (Å²) in [5, 5.41) is 0. The first-order valence-corrected chi connectivity index (χ1v) is 11.5. The van der Waals surface area contributed by atoms with Gasteiger partial charge in [0.1, 0.15) is 0 Å². The third kappa shape index (κ3) is 9.04. The quantitative estimate of drug-likeness (QED) is 0.138. The van der Waals surface area contributed by atoms with Crippen LogP contribution in [-0.2, 0) is 9.47 Å². The molecule has 0 spiro atoms. The first kappa shape index (κ1) is 25.7. The number of hydrogen-bond donors (Lipinski definition) is 0. The molecule has 0 rings (SSSR count). The Labute approximate surface area is 165 Å². The normalized spacial score (nSPS) is 14.8. The van der Waals surface area contributed by atoms with Gasteiger partial charge in [0, 0.05) is 18.6 Å². The van der Waals surface area contributed by atoms with Gasteiger partial charge in [-0.05, 0) is 39.0 Å². The average Bonchev–Trinajstić information content (AvgIpc) is 2.65. The molecule has 0 saturated heterocycles. The van der Waals surface area contributed by atoms with Crippen LogP contribution in [0.1, 0.15) is 119 Å². The summed E-state index contributed by atoms with van der Waals surface area (Å²) in [4.78, 5) is 0. The highest BCUT2D eigenvalue weighted by Gasteiger charge is 2.47. The third-order valence-corrected chi connectivity index (χ3v) is 5.41. The molecule has 26 heavy (non-hydrogen) atoms. The van der Waals surface area contributed by atoms with Crippen LogP contribution in [0.25, 0.3) is 0 Å². The SMILES string of the molecule is CCC=CC(CCC)(CCCCCCCC)C(C)(OCCC)OCCC. The summed E-state index contributed by atoms with van der Waals surface area (Å²) in [6, 6.07) is 0. The first-order chi connectivity index (χ1) is 12.6. The average molecular weight is 369 g/mol. The van der Waals surface area contributed by atoms with E-state index in [-0.39, 0.29) is 5.41 Å². The lowest BCUT2D eigenvalue weighted by Crippen LogP contribution is -2.50. The van der Waals surface area contributed by atoms with E-state index in [9.17, 15) is 0 Å². The van der Waals surface area contributed by atoms with E-state index < -0.39 is 5.79 Å². The fourth-order valence-electron chi connectivity index (χ4n) is 3.83. The summed E-state index contributed by atoms with van der Waals surface area (Å²) in [5.41, 5.74) is -0.0210. The van der Waals surface area contributed by atoms with E-state index >= 15 is 0 Å². The summed E-state index contributed by atoms with van der Waals surface area (Å²) in [7, 11) is 0. The van der Waals surface area contributed by atoms with Gasteiger partial charge in [0.25, 0.3) is 0 Å². The minimum absolute atomic E-state index is 0.0210. The van der Waals surface area contributed by atoms with Gasteiger partial charge < -0.3 is 9.47 Å². The van der Waals surface area contributed by atoms with Crippen molar-refractivity contribution in [2.75, 3.05) is 13.2 Å². The maximum Gasteiger partial charge on any atom is 0.174 e. The second kappa shape index (κ2) is 15.7.